The monoisotopic (exact) mass is 308 g/mol. The van der Waals surface area contributed by atoms with E-state index < -0.39 is 16.6 Å². The average molecular weight is 309 g/mol. The van der Waals surface area contributed by atoms with Crippen molar-refractivity contribution in [3.8, 4) is 6.07 Å². The average Bonchev–Trinajstić information content (AvgIpc) is 2.40. The van der Waals surface area contributed by atoms with Crippen LogP contribution in [-0.4, -0.2) is 4.21 Å². The number of hydrogen-bond acceptors (Lipinski definition) is 3. The zero-order valence-electron chi connectivity index (χ0n) is 10.3. The summed E-state index contributed by atoms with van der Waals surface area (Å²) in [7, 11) is -1.57. The van der Waals surface area contributed by atoms with Gasteiger partial charge >= 0.3 is 0 Å². The van der Waals surface area contributed by atoms with Crippen LogP contribution in [0.15, 0.2) is 41.3 Å². The molecule has 6 heteroatoms. The predicted molar refractivity (Wildman–Crippen MR) is 77.1 cm³/mol. The van der Waals surface area contributed by atoms with Crippen molar-refractivity contribution in [3.63, 3.8) is 0 Å². The molecule has 2 aromatic rings. The fourth-order valence-corrected chi connectivity index (χ4v) is 3.17. The lowest BCUT2D eigenvalue weighted by Gasteiger charge is -2.06. The van der Waals surface area contributed by atoms with E-state index in [1.807, 2.05) is 6.07 Å². The number of hydrogen-bond donors (Lipinski definition) is 1. The molecule has 102 valence electrons. The molecule has 0 fully saturated rings. The molecule has 0 radical (unpaired) electrons. The summed E-state index contributed by atoms with van der Waals surface area (Å²) in [6, 6.07) is 10.7. The molecule has 2 N–H and O–H groups in total. The number of halogens is 2. The Morgan fingerprint density at radius 1 is 1.30 bits per heavy atom. The zero-order chi connectivity index (χ0) is 14.7. The lowest BCUT2D eigenvalue weighted by Crippen LogP contribution is -2.01. The number of nitrogens with zero attached hydrogens (tertiary/aromatic N) is 1. The van der Waals surface area contributed by atoms with Crippen LogP contribution in [0.3, 0.4) is 0 Å². The van der Waals surface area contributed by atoms with Crippen molar-refractivity contribution in [2.24, 2.45) is 0 Å². The van der Waals surface area contributed by atoms with Gasteiger partial charge in [-0.15, -0.1) is 0 Å². The van der Waals surface area contributed by atoms with Gasteiger partial charge in [0.05, 0.1) is 33.1 Å². The first-order valence-corrected chi connectivity index (χ1v) is 7.33. The molecule has 2 rings (SSSR count). The Hall–Kier alpha value is -1.90. The summed E-state index contributed by atoms with van der Waals surface area (Å²) >= 11 is 6.01. The van der Waals surface area contributed by atoms with E-state index in [0.29, 0.717) is 16.1 Å². The van der Waals surface area contributed by atoms with Crippen molar-refractivity contribution in [1.82, 2.24) is 0 Å². The van der Waals surface area contributed by atoms with E-state index in [2.05, 4.69) is 0 Å². The highest BCUT2D eigenvalue weighted by atomic mass is 35.5. The van der Waals surface area contributed by atoms with Gasteiger partial charge < -0.3 is 5.73 Å². The minimum Gasteiger partial charge on any atom is -0.399 e. The van der Waals surface area contributed by atoms with Gasteiger partial charge in [0, 0.05) is 10.7 Å². The number of benzene rings is 2. The summed E-state index contributed by atoms with van der Waals surface area (Å²) in [6.45, 7) is 0. The predicted octanol–water partition coefficient (Wildman–Crippen LogP) is 3.24. The van der Waals surface area contributed by atoms with Crippen LogP contribution in [0.5, 0.6) is 0 Å². The molecule has 1 atom stereocenters. The molecule has 0 spiro atoms. The number of anilines is 1. The van der Waals surface area contributed by atoms with Gasteiger partial charge in [0.1, 0.15) is 5.82 Å². The molecule has 3 nitrogen and oxygen atoms in total. The summed E-state index contributed by atoms with van der Waals surface area (Å²) < 4.78 is 25.8. The molecular weight excluding hydrogens is 299 g/mol. The topological polar surface area (TPSA) is 66.9 Å². The zero-order valence-corrected chi connectivity index (χ0v) is 11.8. The van der Waals surface area contributed by atoms with E-state index in [1.165, 1.54) is 18.2 Å². The van der Waals surface area contributed by atoms with Gasteiger partial charge in [-0.1, -0.05) is 17.7 Å². The van der Waals surface area contributed by atoms with Crippen LogP contribution in [0.4, 0.5) is 10.1 Å². The van der Waals surface area contributed by atoms with Crippen molar-refractivity contribution >= 4 is 28.1 Å². The van der Waals surface area contributed by atoms with Crippen molar-refractivity contribution in [3.05, 3.63) is 58.4 Å². The molecule has 0 saturated carbocycles. The summed E-state index contributed by atoms with van der Waals surface area (Å²) in [5.74, 6) is -0.529. The molecule has 0 aromatic heterocycles. The van der Waals surface area contributed by atoms with Crippen LogP contribution in [0.2, 0.25) is 5.02 Å². The second-order valence-corrected chi connectivity index (χ2v) is 5.92. The molecule has 0 saturated heterocycles. The maximum Gasteiger partial charge on any atom is 0.141 e. The van der Waals surface area contributed by atoms with Crippen molar-refractivity contribution in [1.29, 1.82) is 5.26 Å². The third-order valence-electron chi connectivity index (χ3n) is 2.67. The van der Waals surface area contributed by atoms with E-state index in [4.69, 9.17) is 22.6 Å². The van der Waals surface area contributed by atoms with Crippen molar-refractivity contribution in [2.75, 3.05) is 5.73 Å². The molecular formula is C14H10ClFN2OS. The fourth-order valence-electron chi connectivity index (χ4n) is 1.65. The Morgan fingerprint density at radius 2 is 2.05 bits per heavy atom. The fraction of sp³-hybridized carbons (Fsp3) is 0.0714. The second kappa shape index (κ2) is 6.04. The Bertz CT molecular complexity index is 728. The number of nitriles is 1. The van der Waals surface area contributed by atoms with Crippen LogP contribution in [-0.2, 0) is 16.6 Å². The molecule has 20 heavy (non-hydrogen) atoms. The first-order chi connectivity index (χ1) is 9.51. The molecule has 0 bridgehead atoms. The SMILES string of the molecule is N#Cc1ccc(CS(=O)c2ccc(N)cc2F)c(Cl)c1. The first-order valence-electron chi connectivity index (χ1n) is 5.63. The molecule has 0 amide bonds. The van der Waals surface area contributed by atoms with Crippen LogP contribution < -0.4 is 5.73 Å². The van der Waals surface area contributed by atoms with E-state index >= 15 is 0 Å². The lowest BCUT2D eigenvalue weighted by molar-refractivity contribution is 0.596. The number of nitrogen functional groups attached to an aromatic ring is 1. The molecule has 1 unspecified atom stereocenters. The maximum absolute atomic E-state index is 13.7. The van der Waals surface area contributed by atoms with E-state index in [1.54, 1.807) is 12.1 Å². The smallest absolute Gasteiger partial charge is 0.141 e. The highest BCUT2D eigenvalue weighted by Gasteiger charge is 2.13. The standard InChI is InChI=1S/C14H10ClFN2OS/c15-12-5-9(7-17)1-2-10(12)8-20(19)14-4-3-11(18)6-13(14)16/h1-6H,8,18H2. The minimum atomic E-state index is -1.57. The highest BCUT2D eigenvalue weighted by Crippen LogP contribution is 2.23. The number of rotatable bonds is 3. The van der Waals surface area contributed by atoms with Crippen LogP contribution in [0.1, 0.15) is 11.1 Å². The van der Waals surface area contributed by atoms with E-state index in [-0.39, 0.29) is 16.3 Å². The first kappa shape index (κ1) is 14.5. The van der Waals surface area contributed by atoms with Crippen molar-refractivity contribution in [2.45, 2.75) is 10.6 Å². The van der Waals surface area contributed by atoms with Crippen LogP contribution in [0.25, 0.3) is 0 Å². The summed E-state index contributed by atoms with van der Waals surface area (Å²) in [5.41, 5.74) is 6.74. The van der Waals surface area contributed by atoms with Gasteiger partial charge in [-0.3, -0.25) is 4.21 Å². The van der Waals surface area contributed by atoms with Gasteiger partial charge in [0.15, 0.2) is 0 Å². The summed E-state index contributed by atoms with van der Waals surface area (Å²) in [6.07, 6.45) is 0. The largest absolute Gasteiger partial charge is 0.399 e. The number of nitrogens with two attached hydrogens (primary N) is 1. The maximum atomic E-state index is 13.7. The van der Waals surface area contributed by atoms with E-state index in [9.17, 15) is 8.60 Å². The molecule has 0 aliphatic carbocycles. The third kappa shape index (κ3) is 3.16. The Kier molecular flexibility index (Phi) is 4.38. The van der Waals surface area contributed by atoms with Crippen LogP contribution >= 0.6 is 11.6 Å². The minimum absolute atomic E-state index is 0.0748. The van der Waals surface area contributed by atoms with Gasteiger partial charge in [-0.2, -0.15) is 5.26 Å². The van der Waals surface area contributed by atoms with Crippen molar-refractivity contribution < 1.29 is 8.60 Å². The van der Waals surface area contributed by atoms with Gasteiger partial charge in [0.2, 0.25) is 0 Å². The molecule has 0 aliphatic rings. The lowest BCUT2D eigenvalue weighted by atomic mass is 10.2. The molecule has 0 aliphatic heterocycles. The molecule has 2 aromatic carbocycles. The summed E-state index contributed by atoms with van der Waals surface area (Å²) in [5, 5.41) is 9.09. The quantitative estimate of drug-likeness (QED) is 0.885. The van der Waals surface area contributed by atoms with Gasteiger partial charge in [-0.25, -0.2) is 4.39 Å². The van der Waals surface area contributed by atoms with Crippen LogP contribution in [0, 0.1) is 17.1 Å². The third-order valence-corrected chi connectivity index (χ3v) is 4.42. The Morgan fingerprint density at radius 3 is 2.65 bits per heavy atom. The Labute approximate surface area is 123 Å². The Balaban J connectivity index is 2.26. The summed E-state index contributed by atoms with van der Waals surface area (Å²) in [4.78, 5) is 0.0830. The van der Waals surface area contributed by atoms with E-state index in [0.717, 1.165) is 6.07 Å². The molecule has 0 heterocycles. The highest BCUT2D eigenvalue weighted by molar-refractivity contribution is 7.84. The normalized spacial score (nSPS) is 11.8. The van der Waals surface area contributed by atoms with Gasteiger partial charge in [0.25, 0.3) is 0 Å². The van der Waals surface area contributed by atoms with Gasteiger partial charge in [-0.05, 0) is 35.9 Å². The second-order valence-electron chi connectivity index (χ2n) is 4.10.